The van der Waals surface area contributed by atoms with Crippen LogP contribution in [0.1, 0.15) is 110 Å². The fourth-order valence-electron chi connectivity index (χ4n) is 5.29. The van der Waals surface area contributed by atoms with Crippen LogP contribution in [0.25, 0.3) is 0 Å². The van der Waals surface area contributed by atoms with Gasteiger partial charge in [0.2, 0.25) is 0 Å². The molecule has 3 aliphatic carbocycles. The van der Waals surface area contributed by atoms with E-state index in [1.165, 1.54) is 96.3 Å². The Labute approximate surface area is 169 Å². The Hall–Kier alpha value is 0.0569. The van der Waals surface area contributed by atoms with Crippen molar-refractivity contribution in [2.24, 2.45) is 5.92 Å². The van der Waals surface area contributed by atoms with Gasteiger partial charge in [0.1, 0.15) is 0 Å². The normalized spacial score (nSPS) is 24.6. The first kappa shape index (κ1) is 21.8. The van der Waals surface area contributed by atoms with Crippen LogP contribution in [0.3, 0.4) is 0 Å². The zero-order valence-corrected chi connectivity index (χ0v) is 19.1. The van der Waals surface area contributed by atoms with Gasteiger partial charge in [0.15, 0.2) is 0 Å². The lowest BCUT2D eigenvalue weighted by atomic mass is 9.96. The molecule has 0 amide bonds. The van der Waals surface area contributed by atoms with E-state index < -0.39 is 8.72 Å². The van der Waals surface area contributed by atoms with E-state index in [0.717, 1.165) is 6.54 Å². The first-order valence-electron chi connectivity index (χ1n) is 12.2. The van der Waals surface area contributed by atoms with Crippen LogP contribution in [-0.4, -0.2) is 33.4 Å². The first-order valence-corrected chi connectivity index (χ1v) is 14.2. The van der Waals surface area contributed by atoms with E-state index in [4.69, 9.17) is 0 Å². The average molecular weight is 395 g/mol. The van der Waals surface area contributed by atoms with Crippen LogP contribution in [0.4, 0.5) is 0 Å². The van der Waals surface area contributed by atoms with Crippen molar-refractivity contribution in [1.29, 1.82) is 0 Å². The summed E-state index contributed by atoms with van der Waals surface area (Å²) >= 11 is 0. The SMILES string of the molecule is CC(C)CN[Si](NC1CCCCC1)(NC1CCCCC1)NC1CCCCC1. The Morgan fingerprint density at radius 2 is 0.926 bits per heavy atom. The molecule has 4 N–H and O–H groups in total. The van der Waals surface area contributed by atoms with Crippen LogP contribution < -0.4 is 19.9 Å². The molecule has 0 heterocycles. The molecule has 158 valence electrons. The number of nitrogens with one attached hydrogen (secondary N) is 4. The van der Waals surface area contributed by atoms with Gasteiger partial charge in [0.25, 0.3) is 0 Å². The summed E-state index contributed by atoms with van der Waals surface area (Å²) in [7, 11) is -2.12. The Kier molecular flexibility index (Phi) is 9.10. The van der Waals surface area contributed by atoms with E-state index >= 15 is 0 Å². The summed E-state index contributed by atoms with van der Waals surface area (Å²) in [5.41, 5.74) is 0. The van der Waals surface area contributed by atoms with Gasteiger partial charge in [-0.05, 0) is 51.0 Å². The number of hydrogen-bond acceptors (Lipinski definition) is 4. The van der Waals surface area contributed by atoms with Gasteiger partial charge >= 0.3 is 8.72 Å². The van der Waals surface area contributed by atoms with E-state index in [1.807, 2.05) is 0 Å². The Morgan fingerprint density at radius 3 is 1.22 bits per heavy atom. The van der Waals surface area contributed by atoms with Gasteiger partial charge in [0, 0.05) is 18.1 Å². The van der Waals surface area contributed by atoms with E-state index in [-0.39, 0.29) is 0 Å². The molecule has 0 atom stereocenters. The zero-order chi connectivity index (χ0) is 19.0. The van der Waals surface area contributed by atoms with Gasteiger partial charge in [-0.2, -0.15) is 0 Å². The van der Waals surface area contributed by atoms with E-state index in [1.54, 1.807) is 0 Å². The molecule has 0 aromatic heterocycles. The van der Waals surface area contributed by atoms with Crippen molar-refractivity contribution in [3.8, 4) is 0 Å². The molecule has 4 nitrogen and oxygen atoms in total. The maximum atomic E-state index is 4.22. The van der Waals surface area contributed by atoms with Crippen molar-refractivity contribution in [3.63, 3.8) is 0 Å². The maximum absolute atomic E-state index is 4.22. The largest absolute Gasteiger partial charge is 0.366 e. The fraction of sp³-hybridized carbons (Fsp3) is 1.00. The molecule has 5 heteroatoms. The molecule has 3 aliphatic rings. The van der Waals surface area contributed by atoms with Gasteiger partial charge in [-0.25, -0.2) is 0 Å². The summed E-state index contributed by atoms with van der Waals surface area (Å²) in [4.78, 5) is 16.8. The summed E-state index contributed by atoms with van der Waals surface area (Å²) in [6.45, 7) is 5.79. The summed E-state index contributed by atoms with van der Waals surface area (Å²) < 4.78 is 0. The van der Waals surface area contributed by atoms with Crippen LogP contribution in [0, 0.1) is 5.92 Å². The molecule has 0 spiro atoms. The third kappa shape index (κ3) is 7.43. The molecular weight excluding hydrogens is 348 g/mol. The quantitative estimate of drug-likeness (QED) is 0.437. The fourth-order valence-corrected chi connectivity index (χ4v) is 9.27. The van der Waals surface area contributed by atoms with Crippen molar-refractivity contribution < 1.29 is 0 Å². The second-order valence-corrected chi connectivity index (χ2v) is 12.7. The molecule has 3 rings (SSSR count). The highest BCUT2D eigenvalue weighted by Gasteiger charge is 2.41. The summed E-state index contributed by atoms with van der Waals surface area (Å²) in [6, 6.07) is 2.08. The molecule has 0 aliphatic heterocycles. The lowest BCUT2D eigenvalue weighted by Gasteiger charge is -2.44. The molecule has 0 aromatic carbocycles. The van der Waals surface area contributed by atoms with Gasteiger partial charge in [0.05, 0.1) is 0 Å². The summed E-state index contributed by atoms with van der Waals surface area (Å²) in [5.74, 6) is 0.686. The average Bonchev–Trinajstić information content (AvgIpc) is 2.69. The van der Waals surface area contributed by atoms with Gasteiger partial charge < -0.3 is 4.98 Å². The molecule has 0 saturated heterocycles. The molecule has 0 unspecified atom stereocenters. The second-order valence-electron chi connectivity index (χ2n) is 9.96. The van der Waals surface area contributed by atoms with Crippen LogP contribution in [0.2, 0.25) is 0 Å². The Morgan fingerprint density at radius 1 is 0.593 bits per heavy atom. The van der Waals surface area contributed by atoms with Crippen LogP contribution >= 0.6 is 0 Å². The van der Waals surface area contributed by atoms with Gasteiger partial charge in [-0.3, -0.25) is 14.9 Å². The summed E-state index contributed by atoms with van der Waals surface area (Å²) in [5, 5.41) is 0. The van der Waals surface area contributed by atoms with E-state index in [9.17, 15) is 0 Å². The molecule has 27 heavy (non-hydrogen) atoms. The standard InChI is InChI=1S/C22H46N4Si/c1-19(2)18-23-27(24-20-12-6-3-7-13-20,25-21-14-8-4-9-15-21)26-22-16-10-5-11-17-22/h19-26H,3-18H2,1-2H3. The molecular formula is C22H46N4Si. The Bertz CT molecular complexity index is 349. The Balaban J connectivity index is 1.73. The summed E-state index contributed by atoms with van der Waals surface area (Å²) in [6.07, 6.45) is 20.8. The highest BCUT2D eigenvalue weighted by molar-refractivity contribution is 6.70. The minimum atomic E-state index is -2.12. The molecule has 3 fully saturated rings. The maximum Gasteiger partial charge on any atom is 0.366 e. The van der Waals surface area contributed by atoms with Crippen molar-refractivity contribution >= 4 is 8.72 Å². The predicted molar refractivity (Wildman–Crippen MR) is 119 cm³/mol. The number of hydrogen-bond donors (Lipinski definition) is 4. The van der Waals surface area contributed by atoms with E-state index in [0.29, 0.717) is 24.0 Å². The third-order valence-corrected chi connectivity index (χ3v) is 10.1. The van der Waals surface area contributed by atoms with Crippen molar-refractivity contribution in [2.75, 3.05) is 6.54 Å². The van der Waals surface area contributed by atoms with Crippen molar-refractivity contribution in [1.82, 2.24) is 19.9 Å². The minimum Gasteiger partial charge on any atom is -0.300 e. The highest BCUT2D eigenvalue weighted by Crippen LogP contribution is 2.23. The lowest BCUT2D eigenvalue weighted by molar-refractivity contribution is 0.357. The van der Waals surface area contributed by atoms with Crippen molar-refractivity contribution in [2.45, 2.75) is 128 Å². The van der Waals surface area contributed by atoms with Crippen LogP contribution in [-0.2, 0) is 0 Å². The van der Waals surface area contributed by atoms with Gasteiger partial charge in [-0.1, -0.05) is 71.6 Å². The smallest absolute Gasteiger partial charge is 0.300 e. The minimum absolute atomic E-state index is 0.686. The molecule has 0 radical (unpaired) electrons. The second kappa shape index (κ2) is 11.3. The highest BCUT2D eigenvalue weighted by atomic mass is 28.4. The predicted octanol–water partition coefficient (Wildman–Crippen LogP) is 4.43. The topological polar surface area (TPSA) is 48.1 Å². The van der Waals surface area contributed by atoms with E-state index in [2.05, 4.69) is 33.8 Å². The molecule has 3 saturated carbocycles. The van der Waals surface area contributed by atoms with Crippen molar-refractivity contribution in [3.05, 3.63) is 0 Å². The lowest BCUT2D eigenvalue weighted by Crippen LogP contribution is -2.85. The monoisotopic (exact) mass is 394 g/mol. The first-order chi connectivity index (χ1) is 13.2. The van der Waals surface area contributed by atoms with Gasteiger partial charge in [-0.15, -0.1) is 0 Å². The third-order valence-electron chi connectivity index (χ3n) is 6.85. The number of rotatable bonds is 9. The van der Waals surface area contributed by atoms with Crippen LogP contribution in [0.5, 0.6) is 0 Å². The van der Waals surface area contributed by atoms with Crippen LogP contribution in [0.15, 0.2) is 0 Å². The molecule has 0 bridgehead atoms. The molecule has 0 aromatic rings. The zero-order valence-electron chi connectivity index (χ0n) is 18.1.